The molecule has 0 aromatic heterocycles. The van der Waals surface area contributed by atoms with Crippen LogP contribution in [0.3, 0.4) is 0 Å². The summed E-state index contributed by atoms with van der Waals surface area (Å²) in [6.07, 6.45) is 1.21. The number of rotatable bonds is 3. The lowest BCUT2D eigenvalue weighted by atomic mass is 10.1. The molecule has 0 spiro atoms. The fourth-order valence-corrected chi connectivity index (χ4v) is 2.64. The van der Waals surface area contributed by atoms with Crippen molar-refractivity contribution in [2.45, 2.75) is 0 Å². The first-order valence-electron chi connectivity index (χ1n) is 7.28. The molecule has 4 amide bonds. The molecule has 9 heteroatoms. The van der Waals surface area contributed by atoms with E-state index < -0.39 is 22.8 Å². The highest BCUT2D eigenvalue weighted by Crippen LogP contribution is 2.24. The number of amides is 4. The number of carbonyl (C=O) groups is 3. The number of nitrogens with one attached hydrogen (secondary N) is 1. The number of nitro groups is 1. The number of anilines is 1. The number of nitro benzene ring substituents is 1. The topological polar surface area (TPSA) is 110 Å². The van der Waals surface area contributed by atoms with Gasteiger partial charge in [0.15, 0.2) is 0 Å². The van der Waals surface area contributed by atoms with Crippen molar-refractivity contribution in [1.29, 1.82) is 0 Å². The molecule has 8 nitrogen and oxygen atoms in total. The second kappa shape index (κ2) is 6.89. The van der Waals surface area contributed by atoms with Crippen LogP contribution < -0.4 is 10.2 Å². The number of halogens is 1. The maximum atomic E-state index is 12.7. The third kappa shape index (κ3) is 3.38. The highest BCUT2D eigenvalue weighted by Gasteiger charge is 2.36. The van der Waals surface area contributed by atoms with Crippen molar-refractivity contribution in [1.82, 2.24) is 5.32 Å². The summed E-state index contributed by atoms with van der Waals surface area (Å²) >= 11 is 3.26. The van der Waals surface area contributed by atoms with Crippen molar-refractivity contribution >= 4 is 51.2 Å². The monoisotopic (exact) mass is 415 g/mol. The van der Waals surface area contributed by atoms with Crippen LogP contribution in [0.4, 0.5) is 16.2 Å². The van der Waals surface area contributed by atoms with Gasteiger partial charge in [-0.05, 0) is 35.9 Å². The SMILES string of the molecule is O=C1NC(=O)N(c2ccc(Br)cc2)C(=O)C1=Cc1cccc([N+](=O)[O-])c1. The van der Waals surface area contributed by atoms with E-state index in [1.807, 2.05) is 0 Å². The van der Waals surface area contributed by atoms with E-state index in [0.29, 0.717) is 5.56 Å². The van der Waals surface area contributed by atoms with Crippen molar-refractivity contribution in [2.75, 3.05) is 4.90 Å². The fraction of sp³-hybridized carbons (Fsp3) is 0. The molecule has 1 saturated heterocycles. The predicted octanol–water partition coefficient (Wildman–Crippen LogP) is 3.02. The number of imide groups is 2. The van der Waals surface area contributed by atoms with Gasteiger partial charge in [0.05, 0.1) is 10.6 Å². The van der Waals surface area contributed by atoms with Crippen molar-refractivity contribution in [3.8, 4) is 0 Å². The summed E-state index contributed by atoms with van der Waals surface area (Å²) in [5.74, 6) is -1.67. The standard InChI is InChI=1S/C17H10BrN3O5/c18-11-4-6-12(7-5-11)20-16(23)14(15(22)19-17(20)24)9-10-2-1-3-13(8-10)21(25)26/h1-9H,(H,19,22,24). The highest BCUT2D eigenvalue weighted by molar-refractivity contribution is 9.10. The number of benzene rings is 2. The Morgan fingerprint density at radius 1 is 1.08 bits per heavy atom. The molecule has 0 aliphatic carbocycles. The van der Waals surface area contributed by atoms with Crippen LogP contribution in [-0.4, -0.2) is 22.8 Å². The molecule has 1 aliphatic rings. The number of hydrogen-bond donors (Lipinski definition) is 1. The zero-order chi connectivity index (χ0) is 18.8. The zero-order valence-corrected chi connectivity index (χ0v) is 14.6. The lowest BCUT2D eigenvalue weighted by molar-refractivity contribution is -0.384. The van der Waals surface area contributed by atoms with Crippen molar-refractivity contribution in [3.63, 3.8) is 0 Å². The molecule has 0 radical (unpaired) electrons. The van der Waals surface area contributed by atoms with Crippen molar-refractivity contribution < 1.29 is 19.3 Å². The molecular formula is C17H10BrN3O5. The Labute approximate surface area is 155 Å². The molecule has 0 atom stereocenters. The van der Waals surface area contributed by atoms with E-state index in [1.165, 1.54) is 30.3 Å². The zero-order valence-electron chi connectivity index (χ0n) is 13.0. The molecule has 3 rings (SSSR count). The van der Waals surface area contributed by atoms with E-state index in [-0.39, 0.29) is 16.9 Å². The summed E-state index contributed by atoms with van der Waals surface area (Å²) < 4.78 is 0.759. The first-order chi connectivity index (χ1) is 12.4. The second-order valence-electron chi connectivity index (χ2n) is 5.29. The summed E-state index contributed by atoms with van der Waals surface area (Å²) in [6, 6.07) is 11.0. The Hall–Kier alpha value is -3.33. The maximum Gasteiger partial charge on any atom is 0.335 e. The molecule has 2 aromatic rings. The minimum atomic E-state index is -0.862. The third-order valence-corrected chi connectivity index (χ3v) is 4.11. The lowest BCUT2D eigenvalue weighted by Gasteiger charge is -2.26. The van der Waals surface area contributed by atoms with Crippen molar-refractivity contribution in [3.05, 3.63) is 74.3 Å². The van der Waals surface area contributed by atoms with Crippen LogP contribution in [-0.2, 0) is 9.59 Å². The largest absolute Gasteiger partial charge is 0.335 e. The minimum Gasteiger partial charge on any atom is -0.273 e. The van der Waals surface area contributed by atoms with Crippen LogP contribution in [0, 0.1) is 10.1 Å². The van der Waals surface area contributed by atoms with E-state index in [1.54, 1.807) is 24.3 Å². The van der Waals surface area contributed by atoms with E-state index in [4.69, 9.17) is 0 Å². The summed E-state index contributed by atoms with van der Waals surface area (Å²) in [6.45, 7) is 0. The molecule has 130 valence electrons. The Bertz CT molecular complexity index is 969. The Kier molecular flexibility index (Phi) is 4.63. The number of barbiturate groups is 1. The molecular weight excluding hydrogens is 406 g/mol. The number of hydrogen-bond acceptors (Lipinski definition) is 5. The van der Waals surface area contributed by atoms with Crippen LogP contribution in [0.5, 0.6) is 0 Å². The Morgan fingerprint density at radius 3 is 2.42 bits per heavy atom. The molecule has 2 aromatic carbocycles. The minimum absolute atomic E-state index is 0.177. The molecule has 1 N–H and O–H groups in total. The molecule has 26 heavy (non-hydrogen) atoms. The molecule has 1 heterocycles. The normalized spacial score (nSPS) is 16.0. The van der Waals surface area contributed by atoms with Gasteiger partial charge < -0.3 is 0 Å². The average molecular weight is 416 g/mol. The number of urea groups is 1. The molecule has 0 bridgehead atoms. The fourth-order valence-electron chi connectivity index (χ4n) is 2.38. The first kappa shape index (κ1) is 17.5. The number of non-ortho nitro benzene ring substituents is 1. The van der Waals surface area contributed by atoms with E-state index >= 15 is 0 Å². The summed E-state index contributed by atoms with van der Waals surface area (Å²) in [7, 11) is 0. The van der Waals surface area contributed by atoms with Gasteiger partial charge in [-0.1, -0.05) is 28.1 Å². The average Bonchev–Trinajstić information content (AvgIpc) is 2.60. The molecule has 0 unspecified atom stereocenters. The number of nitrogens with zero attached hydrogens (tertiary/aromatic N) is 2. The van der Waals surface area contributed by atoms with Crippen molar-refractivity contribution in [2.24, 2.45) is 0 Å². The van der Waals surface area contributed by atoms with Gasteiger partial charge in [-0.3, -0.25) is 25.0 Å². The highest BCUT2D eigenvalue weighted by atomic mass is 79.9. The predicted molar refractivity (Wildman–Crippen MR) is 96.2 cm³/mol. The first-order valence-corrected chi connectivity index (χ1v) is 8.07. The maximum absolute atomic E-state index is 12.7. The molecule has 0 saturated carbocycles. The Balaban J connectivity index is 2.01. The summed E-state index contributed by atoms with van der Waals surface area (Å²) in [5.41, 5.74) is 0.104. The van der Waals surface area contributed by atoms with Crippen LogP contribution in [0.1, 0.15) is 5.56 Å². The quantitative estimate of drug-likeness (QED) is 0.358. The Morgan fingerprint density at radius 2 is 1.77 bits per heavy atom. The van der Waals surface area contributed by atoms with E-state index in [9.17, 15) is 24.5 Å². The van der Waals surface area contributed by atoms with Crippen LogP contribution in [0.2, 0.25) is 0 Å². The number of carbonyl (C=O) groups excluding carboxylic acids is 3. The lowest BCUT2D eigenvalue weighted by Crippen LogP contribution is -2.54. The smallest absolute Gasteiger partial charge is 0.273 e. The molecule has 1 aliphatic heterocycles. The summed E-state index contributed by atoms with van der Waals surface area (Å²) in [4.78, 5) is 48.0. The second-order valence-corrected chi connectivity index (χ2v) is 6.20. The van der Waals surface area contributed by atoms with Gasteiger partial charge in [0, 0.05) is 16.6 Å². The van der Waals surface area contributed by atoms with Gasteiger partial charge in [-0.2, -0.15) is 0 Å². The van der Waals surface area contributed by atoms with Crippen LogP contribution >= 0.6 is 15.9 Å². The van der Waals surface area contributed by atoms with Crippen LogP contribution in [0.25, 0.3) is 6.08 Å². The van der Waals surface area contributed by atoms with E-state index in [2.05, 4.69) is 21.2 Å². The van der Waals surface area contributed by atoms with Gasteiger partial charge in [0.1, 0.15) is 5.57 Å². The summed E-state index contributed by atoms with van der Waals surface area (Å²) in [5, 5.41) is 13.0. The third-order valence-electron chi connectivity index (χ3n) is 3.58. The van der Waals surface area contributed by atoms with Gasteiger partial charge >= 0.3 is 6.03 Å². The molecule has 1 fully saturated rings. The van der Waals surface area contributed by atoms with Gasteiger partial charge in [-0.15, -0.1) is 0 Å². The van der Waals surface area contributed by atoms with E-state index in [0.717, 1.165) is 9.37 Å². The van der Waals surface area contributed by atoms with Crippen LogP contribution in [0.15, 0.2) is 58.6 Å². The van der Waals surface area contributed by atoms with Gasteiger partial charge in [-0.25, -0.2) is 9.69 Å². The van der Waals surface area contributed by atoms with Gasteiger partial charge in [0.25, 0.3) is 17.5 Å². The van der Waals surface area contributed by atoms with Gasteiger partial charge in [0.2, 0.25) is 0 Å².